The Kier molecular flexibility index (Phi) is 6.28. The topological polar surface area (TPSA) is 92.7 Å². The Balaban J connectivity index is 1.68. The summed E-state index contributed by atoms with van der Waals surface area (Å²) < 4.78 is 16.7. The first-order valence-electron chi connectivity index (χ1n) is 8.81. The van der Waals surface area contributed by atoms with Gasteiger partial charge in [0.05, 0.1) is 13.3 Å². The van der Waals surface area contributed by atoms with Crippen molar-refractivity contribution in [2.24, 2.45) is 5.10 Å². The van der Waals surface area contributed by atoms with E-state index in [9.17, 15) is 0 Å². The third-order valence-electron chi connectivity index (χ3n) is 3.90. The highest BCUT2D eigenvalue weighted by Crippen LogP contribution is 2.28. The predicted octanol–water partition coefficient (Wildman–Crippen LogP) is 4.61. The highest BCUT2D eigenvalue weighted by Gasteiger charge is 2.12. The van der Waals surface area contributed by atoms with Crippen LogP contribution < -0.4 is 14.9 Å². The lowest BCUT2D eigenvalue weighted by Crippen LogP contribution is -1.98. The van der Waals surface area contributed by atoms with Crippen molar-refractivity contribution in [2.45, 2.75) is 13.5 Å². The molecule has 0 saturated heterocycles. The van der Waals surface area contributed by atoms with Crippen LogP contribution in [0.2, 0.25) is 0 Å². The standard InChI is InChI=1S/C22H20N4O3/c1-15(2)21-25-18(12-23)22(29-21)26-24-13-17-9-10-19(20(11-17)27-3)28-14-16-7-5-4-6-8-16/h4-11,13,26H,1,14H2,2-3H3/b24-13+. The van der Waals surface area contributed by atoms with Crippen molar-refractivity contribution in [3.63, 3.8) is 0 Å². The van der Waals surface area contributed by atoms with Crippen LogP contribution >= 0.6 is 0 Å². The molecule has 7 heteroatoms. The molecule has 29 heavy (non-hydrogen) atoms. The Hall–Kier alpha value is -4.05. The fourth-order valence-electron chi connectivity index (χ4n) is 2.44. The third-order valence-corrected chi connectivity index (χ3v) is 3.90. The summed E-state index contributed by atoms with van der Waals surface area (Å²) >= 11 is 0. The van der Waals surface area contributed by atoms with Gasteiger partial charge in [-0.2, -0.15) is 15.3 Å². The molecule has 0 unspecified atom stereocenters. The summed E-state index contributed by atoms with van der Waals surface area (Å²) in [6.07, 6.45) is 1.58. The van der Waals surface area contributed by atoms with Gasteiger partial charge in [-0.25, -0.2) is 5.43 Å². The lowest BCUT2D eigenvalue weighted by atomic mass is 10.2. The van der Waals surface area contributed by atoms with E-state index in [4.69, 9.17) is 19.2 Å². The first-order chi connectivity index (χ1) is 14.1. The van der Waals surface area contributed by atoms with Crippen molar-refractivity contribution in [3.05, 3.63) is 77.8 Å². The Morgan fingerprint density at radius 1 is 1.28 bits per heavy atom. The Morgan fingerprint density at radius 3 is 2.76 bits per heavy atom. The molecule has 0 atom stereocenters. The number of benzene rings is 2. The minimum atomic E-state index is 0.113. The SMILES string of the molecule is C=C(C)c1nc(C#N)c(N/N=C/c2ccc(OCc3ccccc3)c(OC)c2)o1. The second kappa shape index (κ2) is 9.24. The number of anilines is 1. The van der Waals surface area contributed by atoms with E-state index < -0.39 is 0 Å². The number of oxazole rings is 1. The molecular formula is C22H20N4O3. The molecule has 1 heterocycles. The smallest absolute Gasteiger partial charge is 0.252 e. The van der Waals surface area contributed by atoms with Crippen molar-refractivity contribution < 1.29 is 13.9 Å². The van der Waals surface area contributed by atoms with E-state index in [-0.39, 0.29) is 11.6 Å². The molecule has 0 fully saturated rings. The van der Waals surface area contributed by atoms with Crippen LogP contribution in [-0.2, 0) is 6.61 Å². The van der Waals surface area contributed by atoms with E-state index in [1.165, 1.54) is 0 Å². The zero-order valence-corrected chi connectivity index (χ0v) is 16.2. The number of hydrogen-bond donors (Lipinski definition) is 1. The first-order valence-corrected chi connectivity index (χ1v) is 8.81. The van der Waals surface area contributed by atoms with E-state index in [1.807, 2.05) is 48.5 Å². The number of methoxy groups -OCH3 is 1. The molecule has 0 bridgehead atoms. The number of allylic oxidation sites excluding steroid dienone is 1. The van der Waals surface area contributed by atoms with Gasteiger partial charge in [-0.3, -0.25) is 0 Å². The van der Waals surface area contributed by atoms with Gasteiger partial charge in [-0.1, -0.05) is 36.9 Å². The molecule has 0 radical (unpaired) electrons. The summed E-state index contributed by atoms with van der Waals surface area (Å²) in [5.41, 5.74) is 5.27. The summed E-state index contributed by atoms with van der Waals surface area (Å²) in [4.78, 5) is 4.04. The Labute approximate surface area is 168 Å². The monoisotopic (exact) mass is 388 g/mol. The zero-order chi connectivity index (χ0) is 20.6. The summed E-state index contributed by atoms with van der Waals surface area (Å²) in [5.74, 6) is 1.68. The van der Waals surface area contributed by atoms with Crippen molar-refractivity contribution in [3.8, 4) is 17.6 Å². The van der Waals surface area contributed by atoms with Crippen molar-refractivity contribution in [1.29, 1.82) is 5.26 Å². The molecule has 146 valence electrons. The minimum absolute atomic E-state index is 0.113. The van der Waals surface area contributed by atoms with Gasteiger partial charge >= 0.3 is 0 Å². The van der Waals surface area contributed by atoms with Crippen LogP contribution in [0, 0.1) is 11.3 Å². The zero-order valence-electron chi connectivity index (χ0n) is 16.2. The minimum Gasteiger partial charge on any atom is -0.493 e. The van der Waals surface area contributed by atoms with Gasteiger partial charge in [0, 0.05) is 5.57 Å². The fourth-order valence-corrected chi connectivity index (χ4v) is 2.44. The first kappa shape index (κ1) is 19.7. The molecule has 3 rings (SSSR count). The van der Waals surface area contributed by atoms with Crippen LogP contribution in [0.5, 0.6) is 11.5 Å². The normalized spacial score (nSPS) is 10.5. The number of hydrogen-bond acceptors (Lipinski definition) is 7. The van der Waals surface area contributed by atoms with E-state index in [0.29, 0.717) is 29.6 Å². The molecule has 0 aliphatic rings. The third kappa shape index (κ3) is 5.02. The summed E-state index contributed by atoms with van der Waals surface area (Å²) in [5, 5.41) is 13.2. The number of nitrogens with one attached hydrogen (secondary N) is 1. The van der Waals surface area contributed by atoms with Gasteiger partial charge in [-0.15, -0.1) is 0 Å². The lowest BCUT2D eigenvalue weighted by Gasteiger charge is -2.11. The molecule has 7 nitrogen and oxygen atoms in total. The average molecular weight is 388 g/mol. The molecule has 0 aliphatic carbocycles. The summed E-state index contributed by atoms with van der Waals surface area (Å²) in [6.45, 7) is 5.93. The van der Waals surface area contributed by atoms with Crippen molar-refractivity contribution in [1.82, 2.24) is 4.98 Å². The molecule has 1 aromatic heterocycles. The number of nitrogens with zero attached hydrogens (tertiary/aromatic N) is 3. The highest BCUT2D eigenvalue weighted by atomic mass is 16.5. The van der Waals surface area contributed by atoms with Crippen LogP contribution in [0.1, 0.15) is 29.6 Å². The quantitative estimate of drug-likeness (QED) is 0.447. The predicted molar refractivity (Wildman–Crippen MR) is 111 cm³/mol. The summed E-state index contributed by atoms with van der Waals surface area (Å²) in [7, 11) is 1.58. The second-order valence-electron chi connectivity index (χ2n) is 6.14. The van der Waals surface area contributed by atoms with Gasteiger partial charge in [-0.05, 0) is 36.2 Å². The van der Waals surface area contributed by atoms with Crippen LogP contribution in [0.3, 0.4) is 0 Å². The number of hydrazone groups is 1. The number of aromatic nitrogens is 1. The highest BCUT2D eigenvalue weighted by molar-refractivity contribution is 5.81. The molecular weight excluding hydrogens is 368 g/mol. The molecule has 0 spiro atoms. The fraction of sp³-hybridized carbons (Fsp3) is 0.136. The van der Waals surface area contributed by atoms with Gasteiger partial charge in [0.1, 0.15) is 12.7 Å². The second-order valence-corrected chi connectivity index (χ2v) is 6.14. The van der Waals surface area contributed by atoms with Gasteiger partial charge in [0.15, 0.2) is 11.5 Å². The van der Waals surface area contributed by atoms with E-state index >= 15 is 0 Å². The molecule has 3 aromatic rings. The van der Waals surface area contributed by atoms with Gasteiger partial charge in [0.2, 0.25) is 11.6 Å². The van der Waals surface area contributed by atoms with E-state index in [2.05, 4.69) is 22.1 Å². The summed E-state index contributed by atoms with van der Waals surface area (Å²) in [6, 6.07) is 17.3. The van der Waals surface area contributed by atoms with Crippen LogP contribution in [0.15, 0.2) is 64.6 Å². The van der Waals surface area contributed by atoms with Crippen LogP contribution in [0.25, 0.3) is 5.57 Å². The van der Waals surface area contributed by atoms with E-state index in [1.54, 1.807) is 26.3 Å². The number of ether oxygens (including phenoxy) is 2. The maximum atomic E-state index is 9.14. The van der Waals surface area contributed by atoms with Crippen molar-refractivity contribution in [2.75, 3.05) is 12.5 Å². The molecule has 0 saturated carbocycles. The lowest BCUT2D eigenvalue weighted by molar-refractivity contribution is 0.284. The van der Waals surface area contributed by atoms with Crippen LogP contribution in [-0.4, -0.2) is 18.3 Å². The molecule has 2 aromatic carbocycles. The van der Waals surface area contributed by atoms with Crippen molar-refractivity contribution >= 4 is 17.7 Å². The Bertz CT molecular complexity index is 1070. The van der Waals surface area contributed by atoms with Gasteiger partial charge < -0.3 is 13.9 Å². The van der Waals surface area contributed by atoms with E-state index in [0.717, 1.165) is 11.1 Å². The molecule has 0 aliphatic heterocycles. The average Bonchev–Trinajstić information content (AvgIpc) is 3.17. The van der Waals surface area contributed by atoms with Crippen LogP contribution in [0.4, 0.5) is 5.88 Å². The maximum absolute atomic E-state index is 9.14. The largest absolute Gasteiger partial charge is 0.493 e. The molecule has 0 amide bonds. The Morgan fingerprint density at radius 2 is 2.07 bits per heavy atom. The maximum Gasteiger partial charge on any atom is 0.252 e. The number of rotatable bonds is 8. The number of nitriles is 1. The van der Waals surface area contributed by atoms with Gasteiger partial charge in [0.25, 0.3) is 5.88 Å². The molecule has 1 N–H and O–H groups in total.